The molecule has 2 rings (SSSR count). The number of anilines is 1. The molecule has 1 amide bonds. The summed E-state index contributed by atoms with van der Waals surface area (Å²) in [6, 6.07) is 13.2. The van der Waals surface area contributed by atoms with E-state index in [-0.39, 0.29) is 5.91 Å². The number of hydrogen-bond acceptors (Lipinski definition) is 2. The standard InChI is InChI=1S/C15H15BrN2O/c1-10-5-6-14(16)13(7-10)15(19)18-12-4-2-3-11(8-12)9-17/h2-8H,9,17H2,1H3,(H,18,19). The van der Waals surface area contributed by atoms with Crippen molar-refractivity contribution in [2.45, 2.75) is 13.5 Å². The van der Waals surface area contributed by atoms with Gasteiger partial charge in [-0.1, -0.05) is 23.8 Å². The molecule has 3 N–H and O–H groups in total. The second-order valence-electron chi connectivity index (χ2n) is 4.34. The van der Waals surface area contributed by atoms with E-state index in [1.54, 1.807) is 0 Å². The predicted octanol–water partition coefficient (Wildman–Crippen LogP) is 3.47. The summed E-state index contributed by atoms with van der Waals surface area (Å²) in [5.41, 5.74) is 8.99. The number of aryl methyl sites for hydroxylation is 1. The second-order valence-corrected chi connectivity index (χ2v) is 5.20. The third-order valence-corrected chi connectivity index (χ3v) is 3.48. The Labute approximate surface area is 121 Å². The van der Waals surface area contributed by atoms with Gasteiger partial charge in [-0.3, -0.25) is 4.79 Å². The molecule has 4 heteroatoms. The average molecular weight is 319 g/mol. The molecular weight excluding hydrogens is 304 g/mol. The van der Waals surface area contributed by atoms with Crippen molar-refractivity contribution >= 4 is 27.5 Å². The van der Waals surface area contributed by atoms with E-state index in [2.05, 4.69) is 21.2 Å². The first kappa shape index (κ1) is 13.8. The lowest BCUT2D eigenvalue weighted by atomic mass is 10.1. The Kier molecular flexibility index (Phi) is 4.35. The largest absolute Gasteiger partial charge is 0.326 e. The molecule has 0 fully saturated rings. The molecule has 0 unspecified atom stereocenters. The molecule has 2 aromatic carbocycles. The molecule has 2 aromatic rings. The summed E-state index contributed by atoms with van der Waals surface area (Å²) in [5.74, 6) is -0.134. The Hall–Kier alpha value is -1.65. The zero-order valence-corrected chi connectivity index (χ0v) is 12.2. The van der Waals surface area contributed by atoms with Crippen LogP contribution in [0.4, 0.5) is 5.69 Å². The maximum atomic E-state index is 12.2. The number of halogens is 1. The van der Waals surface area contributed by atoms with Crippen LogP contribution in [-0.4, -0.2) is 5.91 Å². The van der Waals surface area contributed by atoms with Crippen LogP contribution in [0.3, 0.4) is 0 Å². The van der Waals surface area contributed by atoms with Crippen LogP contribution < -0.4 is 11.1 Å². The Morgan fingerprint density at radius 1 is 1.26 bits per heavy atom. The van der Waals surface area contributed by atoms with Gasteiger partial charge in [-0.2, -0.15) is 0 Å². The van der Waals surface area contributed by atoms with Crippen LogP contribution in [0.15, 0.2) is 46.9 Å². The number of nitrogens with one attached hydrogen (secondary N) is 1. The van der Waals surface area contributed by atoms with Crippen molar-refractivity contribution in [1.82, 2.24) is 0 Å². The third kappa shape index (κ3) is 3.43. The molecule has 0 heterocycles. The molecule has 0 bridgehead atoms. The fourth-order valence-electron chi connectivity index (χ4n) is 1.79. The van der Waals surface area contributed by atoms with Gasteiger partial charge < -0.3 is 11.1 Å². The highest BCUT2D eigenvalue weighted by Gasteiger charge is 2.10. The van der Waals surface area contributed by atoms with E-state index < -0.39 is 0 Å². The lowest BCUT2D eigenvalue weighted by Gasteiger charge is -2.08. The molecule has 0 aliphatic carbocycles. The summed E-state index contributed by atoms with van der Waals surface area (Å²) in [6.07, 6.45) is 0. The first-order chi connectivity index (χ1) is 9.10. The van der Waals surface area contributed by atoms with Crippen molar-refractivity contribution in [2.24, 2.45) is 5.73 Å². The van der Waals surface area contributed by atoms with Gasteiger partial charge in [-0.05, 0) is 52.7 Å². The number of rotatable bonds is 3. The molecule has 0 aromatic heterocycles. The lowest BCUT2D eigenvalue weighted by molar-refractivity contribution is 0.102. The molecule has 0 atom stereocenters. The van der Waals surface area contributed by atoms with Crippen LogP contribution in [-0.2, 0) is 6.54 Å². The van der Waals surface area contributed by atoms with Crippen molar-refractivity contribution in [1.29, 1.82) is 0 Å². The molecule has 98 valence electrons. The summed E-state index contributed by atoms with van der Waals surface area (Å²) in [4.78, 5) is 12.2. The van der Waals surface area contributed by atoms with E-state index in [0.717, 1.165) is 21.3 Å². The van der Waals surface area contributed by atoms with Gasteiger partial charge in [0.05, 0.1) is 5.56 Å². The number of carbonyl (C=O) groups is 1. The molecular formula is C15H15BrN2O. The summed E-state index contributed by atoms with van der Waals surface area (Å²) in [6.45, 7) is 2.41. The molecule has 0 saturated heterocycles. The minimum Gasteiger partial charge on any atom is -0.326 e. The second kappa shape index (κ2) is 5.99. The van der Waals surface area contributed by atoms with E-state index in [1.807, 2.05) is 49.4 Å². The third-order valence-electron chi connectivity index (χ3n) is 2.79. The molecule has 0 radical (unpaired) electrons. The van der Waals surface area contributed by atoms with Gasteiger partial charge in [-0.25, -0.2) is 0 Å². The van der Waals surface area contributed by atoms with Gasteiger partial charge in [0.25, 0.3) is 5.91 Å². The Morgan fingerprint density at radius 3 is 2.79 bits per heavy atom. The zero-order chi connectivity index (χ0) is 13.8. The number of amides is 1. The minimum absolute atomic E-state index is 0.134. The Morgan fingerprint density at radius 2 is 2.05 bits per heavy atom. The van der Waals surface area contributed by atoms with Gasteiger partial charge in [0, 0.05) is 16.7 Å². The van der Waals surface area contributed by atoms with Crippen molar-refractivity contribution in [3.05, 3.63) is 63.6 Å². The van der Waals surface area contributed by atoms with Crippen molar-refractivity contribution in [2.75, 3.05) is 5.32 Å². The fourth-order valence-corrected chi connectivity index (χ4v) is 2.21. The molecule has 0 aliphatic heterocycles. The molecule has 0 aliphatic rings. The first-order valence-corrected chi connectivity index (χ1v) is 6.76. The highest BCUT2D eigenvalue weighted by molar-refractivity contribution is 9.10. The van der Waals surface area contributed by atoms with Crippen molar-refractivity contribution < 1.29 is 4.79 Å². The van der Waals surface area contributed by atoms with Gasteiger partial charge >= 0.3 is 0 Å². The van der Waals surface area contributed by atoms with Gasteiger partial charge in [-0.15, -0.1) is 0 Å². The number of benzene rings is 2. The van der Waals surface area contributed by atoms with Crippen molar-refractivity contribution in [3.63, 3.8) is 0 Å². The first-order valence-electron chi connectivity index (χ1n) is 5.96. The molecule has 3 nitrogen and oxygen atoms in total. The van der Waals surface area contributed by atoms with Gasteiger partial charge in [0.2, 0.25) is 0 Å². The van der Waals surface area contributed by atoms with Gasteiger partial charge in [0.15, 0.2) is 0 Å². The van der Waals surface area contributed by atoms with E-state index in [1.165, 1.54) is 0 Å². The fraction of sp³-hybridized carbons (Fsp3) is 0.133. The highest BCUT2D eigenvalue weighted by Crippen LogP contribution is 2.20. The lowest BCUT2D eigenvalue weighted by Crippen LogP contribution is -2.13. The predicted molar refractivity (Wildman–Crippen MR) is 81.2 cm³/mol. The summed E-state index contributed by atoms with van der Waals surface area (Å²) in [7, 11) is 0. The van der Waals surface area contributed by atoms with Crippen LogP contribution in [0.25, 0.3) is 0 Å². The summed E-state index contributed by atoms with van der Waals surface area (Å²) in [5, 5.41) is 2.88. The van der Waals surface area contributed by atoms with Crippen LogP contribution in [0.5, 0.6) is 0 Å². The average Bonchev–Trinajstić information content (AvgIpc) is 2.41. The number of hydrogen-bond donors (Lipinski definition) is 2. The van der Waals surface area contributed by atoms with Crippen LogP contribution in [0.1, 0.15) is 21.5 Å². The van der Waals surface area contributed by atoms with Crippen LogP contribution in [0, 0.1) is 6.92 Å². The maximum absolute atomic E-state index is 12.2. The number of carbonyl (C=O) groups excluding carboxylic acids is 1. The summed E-state index contributed by atoms with van der Waals surface area (Å²) >= 11 is 3.39. The Balaban J connectivity index is 2.23. The van der Waals surface area contributed by atoms with E-state index in [4.69, 9.17) is 5.73 Å². The van der Waals surface area contributed by atoms with E-state index >= 15 is 0 Å². The number of nitrogens with two attached hydrogens (primary N) is 1. The zero-order valence-electron chi connectivity index (χ0n) is 10.6. The van der Waals surface area contributed by atoms with Gasteiger partial charge in [0.1, 0.15) is 0 Å². The Bertz CT molecular complexity index is 611. The van der Waals surface area contributed by atoms with E-state index in [0.29, 0.717) is 12.1 Å². The SMILES string of the molecule is Cc1ccc(Br)c(C(=O)Nc2cccc(CN)c2)c1. The highest BCUT2D eigenvalue weighted by atomic mass is 79.9. The van der Waals surface area contributed by atoms with Crippen LogP contribution in [0.2, 0.25) is 0 Å². The topological polar surface area (TPSA) is 55.1 Å². The normalized spacial score (nSPS) is 10.3. The minimum atomic E-state index is -0.134. The maximum Gasteiger partial charge on any atom is 0.256 e. The van der Waals surface area contributed by atoms with Crippen LogP contribution >= 0.6 is 15.9 Å². The van der Waals surface area contributed by atoms with E-state index in [9.17, 15) is 4.79 Å². The molecule has 0 spiro atoms. The molecule has 0 saturated carbocycles. The smallest absolute Gasteiger partial charge is 0.256 e. The monoisotopic (exact) mass is 318 g/mol. The van der Waals surface area contributed by atoms with Crippen molar-refractivity contribution in [3.8, 4) is 0 Å². The quantitative estimate of drug-likeness (QED) is 0.910. The molecule has 19 heavy (non-hydrogen) atoms. The summed E-state index contributed by atoms with van der Waals surface area (Å²) < 4.78 is 0.783.